The van der Waals surface area contributed by atoms with Crippen LogP contribution in [0.25, 0.3) is 6.08 Å². The van der Waals surface area contributed by atoms with Gasteiger partial charge < -0.3 is 10.1 Å². The van der Waals surface area contributed by atoms with E-state index in [0.717, 1.165) is 0 Å². The Morgan fingerprint density at radius 1 is 0.938 bits per heavy atom. The quantitative estimate of drug-likeness (QED) is 0.465. The summed E-state index contributed by atoms with van der Waals surface area (Å²) in [6, 6.07) is 20.7. The highest BCUT2D eigenvalue weighted by Gasteiger charge is 2.15. The van der Waals surface area contributed by atoms with Gasteiger partial charge in [0.25, 0.3) is 10.0 Å². The van der Waals surface area contributed by atoms with Crippen molar-refractivity contribution < 1.29 is 26.7 Å². The Morgan fingerprint density at radius 3 is 2.34 bits per heavy atom. The van der Waals surface area contributed by atoms with Gasteiger partial charge in [0, 0.05) is 18.2 Å². The summed E-state index contributed by atoms with van der Waals surface area (Å²) in [5.41, 5.74) is 1.20. The van der Waals surface area contributed by atoms with Gasteiger partial charge in [0.1, 0.15) is 5.75 Å². The molecule has 0 aromatic heterocycles. The fraction of sp³-hybridized carbons (Fsp3) is 0.0870. The van der Waals surface area contributed by atoms with Crippen molar-refractivity contribution in [2.24, 2.45) is 0 Å². The predicted octanol–water partition coefficient (Wildman–Crippen LogP) is 4.42. The molecule has 3 aromatic carbocycles. The first-order valence-electron chi connectivity index (χ1n) is 9.51. The maximum Gasteiger partial charge on any atom is 0.387 e. The van der Waals surface area contributed by atoms with E-state index in [1.54, 1.807) is 54.6 Å². The van der Waals surface area contributed by atoms with Crippen LogP contribution in [-0.4, -0.2) is 20.9 Å². The van der Waals surface area contributed by atoms with Gasteiger partial charge >= 0.3 is 6.61 Å². The molecule has 0 aliphatic carbocycles. The largest absolute Gasteiger partial charge is 0.434 e. The third kappa shape index (κ3) is 6.39. The van der Waals surface area contributed by atoms with Gasteiger partial charge in [-0.25, -0.2) is 8.42 Å². The van der Waals surface area contributed by atoms with Crippen molar-refractivity contribution in [3.05, 3.63) is 96.1 Å². The minimum atomic E-state index is -3.79. The van der Waals surface area contributed by atoms with Crippen LogP contribution in [0.1, 0.15) is 11.1 Å². The summed E-state index contributed by atoms with van der Waals surface area (Å²) in [6.07, 6.45) is 2.54. The molecule has 3 aromatic rings. The molecule has 2 N–H and O–H groups in total. The lowest BCUT2D eigenvalue weighted by atomic mass is 10.1. The Bertz CT molecular complexity index is 1200. The summed E-state index contributed by atoms with van der Waals surface area (Å²) in [6.45, 7) is -2.93. The summed E-state index contributed by atoms with van der Waals surface area (Å²) in [7, 11) is -3.79. The summed E-state index contributed by atoms with van der Waals surface area (Å²) in [5.74, 6) is -0.537. The molecular formula is C23H20F2N2O4S. The Morgan fingerprint density at radius 2 is 1.59 bits per heavy atom. The maximum atomic E-state index is 12.6. The van der Waals surface area contributed by atoms with Crippen molar-refractivity contribution in [1.29, 1.82) is 0 Å². The molecule has 0 aliphatic heterocycles. The van der Waals surface area contributed by atoms with E-state index in [9.17, 15) is 22.0 Å². The minimum Gasteiger partial charge on any atom is -0.434 e. The number of alkyl halides is 2. The van der Waals surface area contributed by atoms with E-state index in [0.29, 0.717) is 16.8 Å². The molecule has 0 radical (unpaired) electrons. The predicted molar refractivity (Wildman–Crippen MR) is 118 cm³/mol. The smallest absolute Gasteiger partial charge is 0.387 e. The highest BCUT2D eigenvalue weighted by atomic mass is 32.2. The lowest BCUT2D eigenvalue weighted by molar-refractivity contribution is -0.116. The van der Waals surface area contributed by atoms with Gasteiger partial charge in [-0.1, -0.05) is 54.6 Å². The number of ether oxygens (including phenoxy) is 1. The van der Waals surface area contributed by atoms with E-state index in [4.69, 9.17) is 0 Å². The van der Waals surface area contributed by atoms with Gasteiger partial charge in [-0.2, -0.15) is 8.78 Å². The van der Waals surface area contributed by atoms with Crippen LogP contribution in [0.5, 0.6) is 5.75 Å². The number of rotatable bonds is 9. The minimum absolute atomic E-state index is 0.0475. The van der Waals surface area contributed by atoms with Gasteiger partial charge in [-0.3, -0.25) is 9.52 Å². The third-order valence-corrected chi connectivity index (χ3v) is 5.70. The molecule has 0 saturated heterocycles. The van der Waals surface area contributed by atoms with E-state index in [2.05, 4.69) is 14.8 Å². The molecule has 166 valence electrons. The van der Waals surface area contributed by atoms with Crippen LogP contribution in [-0.2, 0) is 21.4 Å². The lowest BCUT2D eigenvalue weighted by Gasteiger charge is -2.13. The number of anilines is 1. The standard InChI is InChI=1S/C23H20F2N2O4S/c24-23(25)31-21-13-7-5-8-17(21)14-15-22(28)26-16-18-9-4-6-12-20(18)27-32(29,30)19-10-2-1-3-11-19/h1-15,23,27H,16H2,(H,26,28)/b15-14+. The summed E-state index contributed by atoms with van der Waals surface area (Å²) < 4.78 is 57.1. The molecule has 6 nitrogen and oxygen atoms in total. The number of carbonyl (C=O) groups excluding carboxylic acids is 1. The molecule has 0 saturated carbocycles. The second-order valence-electron chi connectivity index (χ2n) is 6.54. The van der Waals surface area contributed by atoms with E-state index in [-0.39, 0.29) is 17.2 Å². The van der Waals surface area contributed by atoms with Gasteiger partial charge in [-0.15, -0.1) is 0 Å². The number of para-hydroxylation sites is 2. The third-order valence-electron chi connectivity index (χ3n) is 4.32. The number of sulfonamides is 1. The number of amides is 1. The number of benzene rings is 3. The van der Waals surface area contributed by atoms with Crippen LogP contribution < -0.4 is 14.8 Å². The van der Waals surface area contributed by atoms with Gasteiger partial charge in [-0.05, 0) is 35.9 Å². The average Bonchev–Trinajstić information content (AvgIpc) is 2.78. The second kappa shape index (κ2) is 10.5. The number of nitrogens with one attached hydrogen (secondary N) is 2. The monoisotopic (exact) mass is 458 g/mol. The van der Waals surface area contributed by atoms with Crippen LogP contribution in [0.15, 0.2) is 89.8 Å². The highest BCUT2D eigenvalue weighted by Crippen LogP contribution is 2.22. The van der Waals surface area contributed by atoms with Crippen molar-refractivity contribution in [3.8, 4) is 5.75 Å². The molecule has 1 amide bonds. The summed E-state index contributed by atoms with van der Waals surface area (Å²) >= 11 is 0. The maximum absolute atomic E-state index is 12.6. The van der Waals surface area contributed by atoms with Crippen LogP contribution in [0.4, 0.5) is 14.5 Å². The number of hydrogen-bond donors (Lipinski definition) is 2. The van der Waals surface area contributed by atoms with Gasteiger partial charge in [0.2, 0.25) is 5.91 Å². The van der Waals surface area contributed by atoms with E-state index >= 15 is 0 Å². The number of hydrogen-bond acceptors (Lipinski definition) is 4. The van der Waals surface area contributed by atoms with Crippen molar-refractivity contribution in [3.63, 3.8) is 0 Å². The van der Waals surface area contributed by atoms with E-state index in [1.807, 2.05) is 0 Å². The first-order valence-corrected chi connectivity index (χ1v) is 11.0. The fourth-order valence-electron chi connectivity index (χ4n) is 2.81. The molecule has 9 heteroatoms. The van der Waals surface area contributed by atoms with Crippen molar-refractivity contribution in [2.45, 2.75) is 18.1 Å². The molecule has 0 fully saturated rings. The molecular weight excluding hydrogens is 438 g/mol. The van der Waals surface area contributed by atoms with Gasteiger partial charge in [0.15, 0.2) is 0 Å². The zero-order chi connectivity index (χ0) is 23.0. The molecule has 0 spiro atoms. The van der Waals surface area contributed by atoms with Gasteiger partial charge in [0.05, 0.1) is 10.6 Å². The van der Waals surface area contributed by atoms with Crippen LogP contribution in [0.3, 0.4) is 0 Å². The summed E-state index contributed by atoms with van der Waals surface area (Å²) in [4.78, 5) is 12.3. The zero-order valence-electron chi connectivity index (χ0n) is 16.7. The van der Waals surface area contributed by atoms with E-state index in [1.165, 1.54) is 36.4 Å². The number of carbonyl (C=O) groups is 1. The van der Waals surface area contributed by atoms with Crippen molar-refractivity contribution in [1.82, 2.24) is 5.32 Å². The Kier molecular flexibility index (Phi) is 7.56. The summed E-state index contributed by atoms with van der Waals surface area (Å²) in [5, 5.41) is 2.65. The normalized spacial score (nSPS) is 11.5. The molecule has 32 heavy (non-hydrogen) atoms. The molecule has 0 unspecified atom stereocenters. The van der Waals surface area contributed by atoms with Crippen LogP contribution in [0.2, 0.25) is 0 Å². The SMILES string of the molecule is O=C(/C=C/c1ccccc1OC(F)F)NCc1ccccc1NS(=O)(=O)c1ccccc1. The van der Waals surface area contributed by atoms with Crippen molar-refractivity contribution in [2.75, 3.05) is 4.72 Å². The highest BCUT2D eigenvalue weighted by molar-refractivity contribution is 7.92. The first-order chi connectivity index (χ1) is 15.3. The van der Waals surface area contributed by atoms with Crippen molar-refractivity contribution >= 4 is 27.7 Å². The zero-order valence-corrected chi connectivity index (χ0v) is 17.6. The van der Waals surface area contributed by atoms with Crippen LogP contribution in [0, 0.1) is 0 Å². The first kappa shape index (κ1) is 23.0. The molecule has 0 aliphatic rings. The fourth-order valence-corrected chi connectivity index (χ4v) is 3.93. The Balaban J connectivity index is 1.67. The number of halogens is 2. The van der Waals surface area contributed by atoms with Crippen LogP contribution >= 0.6 is 0 Å². The topological polar surface area (TPSA) is 84.5 Å². The lowest BCUT2D eigenvalue weighted by Crippen LogP contribution is -2.22. The molecule has 0 heterocycles. The Labute approximate surface area is 184 Å². The van der Waals surface area contributed by atoms with E-state index < -0.39 is 22.5 Å². The molecule has 0 atom stereocenters. The molecule has 3 rings (SSSR count). The second-order valence-corrected chi connectivity index (χ2v) is 8.23. The average molecular weight is 458 g/mol. The molecule has 0 bridgehead atoms. The Hall–Kier alpha value is -3.72.